The molecule has 0 unspecified atom stereocenters. The summed E-state index contributed by atoms with van der Waals surface area (Å²) >= 11 is 0. The van der Waals surface area contributed by atoms with Crippen LogP contribution in [0.2, 0.25) is 0 Å². The van der Waals surface area contributed by atoms with Gasteiger partial charge < -0.3 is 10.6 Å². The van der Waals surface area contributed by atoms with Gasteiger partial charge >= 0.3 is 6.03 Å². The lowest BCUT2D eigenvalue weighted by Crippen LogP contribution is -2.35. The molecule has 0 radical (unpaired) electrons. The van der Waals surface area contributed by atoms with E-state index in [1.165, 1.54) is 6.33 Å². The third-order valence-corrected chi connectivity index (χ3v) is 4.98. The molecule has 3 aromatic rings. The van der Waals surface area contributed by atoms with Crippen LogP contribution in [0, 0.1) is 19.3 Å². The SMILES string of the molecule is Cc1cc(C)n(CC2(CNC(=O)Nc3ccc(-n4cncn4)cc3)CC2)n1. The number of anilines is 1. The Hall–Kier alpha value is -3.16. The average Bonchev–Trinajstić information content (AvgIpc) is 3.05. The predicted octanol–water partition coefficient (Wildman–Crippen LogP) is 2.68. The second kappa shape index (κ2) is 6.86. The molecule has 0 spiro atoms. The summed E-state index contributed by atoms with van der Waals surface area (Å²) in [6.45, 7) is 5.57. The Balaban J connectivity index is 1.30. The number of hydrogen-bond acceptors (Lipinski definition) is 4. The van der Waals surface area contributed by atoms with Crippen LogP contribution < -0.4 is 10.6 Å². The van der Waals surface area contributed by atoms with Crippen LogP contribution in [-0.2, 0) is 6.54 Å². The van der Waals surface area contributed by atoms with Gasteiger partial charge in [-0.25, -0.2) is 14.5 Å². The summed E-state index contributed by atoms with van der Waals surface area (Å²) in [5, 5.41) is 14.5. The van der Waals surface area contributed by atoms with E-state index in [1.54, 1.807) is 11.0 Å². The number of aryl methyl sites for hydroxylation is 2. The molecule has 0 aliphatic heterocycles. The Morgan fingerprint density at radius 2 is 2.00 bits per heavy atom. The van der Waals surface area contributed by atoms with Gasteiger partial charge in [-0.05, 0) is 57.0 Å². The van der Waals surface area contributed by atoms with Gasteiger partial charge in [0.25, 0.3) is 0 Å². The van der Waals surface area contributed by atoms with Gasteiger partial charge in [-0.2, -0.15) is 10.2 Å². The van der Waals surface area contributed by atoms with E-state index in [0.29, 0.717) is 6.54 Å². The van der Waals surface area contributed by atoms with Crippen LogP contribution in [-0.4, -0.2) is 37.1 Å². The topological polar surface area (TPSA) is 89.7 Å². The van der Waals surface area contributed by atoms with Gasteiger partial charge in [0.05, 0.1) is 11.4 Å². The fraction of sp³-hybridized carbons (Fsp3) is 0.368. The molecule has 1 aliphatic rings. The highest BCUT2D eigenvalue weighted by Gasteiger charge is 2.43. The maximum Gasteiger partial charge on any atom is 0.319 e. The summed E-state index contributed by atoms with van der Waals surface area (Å²) in [6.07, 6.45) is 5.34. The minimum Gasteiger partial charge on any atom is -0.337 e. The van der Waals surface area contributed by atoms with Gasteiger partial charge in [-0.3, -0.25) is 4.68 Å². The van der Waals surface area contributed by atoms with Crippen molar-refractivity contribution in [3.05, 3.63) is 54.4 Å². The first-order valence-corrected chi connectivity index (χ1v) is 9.04. The van der Waals surface area contributed by atoms with E-state index in [4.69, 9.17) is 0 Å². The minimum absolute atomic E-state index is 0.123. The van der Waals surface area contributed by atoms with E-state index in [1.807, 2.05) is 35.9 Å². The second-order valence-electron chi connectivity index (χ2n) is 7.28. The van der Waals surface area contributed by atoms with Gasteiger partial charge in [0.1, 0.15) is 12.7 Å². The molecular formula is C19H23N7O. The van der Waals surface area contributed by atoms with E-state index in [-0.39, 0.29) is 11.4 Å². The van der Waals surface area contributed by atoms with Crippen molar-refractivity contribution in [2.75, 3.05) is 11.9 Å². The number of carbonyl (C=O) groups excluding carboxylic acids is 1. The van der Waals surface area contributed by atoms with Crippen LogP contribution in [0.3, 0.4) is 0 Å². The summed E-state index contributed by atoms with van der Waals surface area (Å²) in [5.41, 5.74) is 3.94. The molecule has 2 heterocycles. The minimum atomic E-state index is -0.192. The van der Waals surface area contributed by atoms with E-state index in [9.17, 15) is 4.79 Å². The fourth-order valence-corrected chi connectivity index (χ4v) is 3.20. The fourth-order valence-electron chi connectivity index (χ4n) is 3.20. The van der Waals surface area contributed by atoms with E-state index in [2.05, 4.69) is 38.8 Å². The Morgan fingerprint density at radius 3 is 2.59 bits per heavy atom. The molecule has 4 rings (SSSR count). The molecule has 2 aromatic heterocycles. The zero-order valence-corrected chi connectivity index (χ0v) is 15.5. The molecule has 1 saturated carbocycles. The molecule has 140 valence electrons. The standard InChI is InChI=1S/C19H23N7O/c1-14-9-15(2)25(24-14)11-19(7-8-19)10-21-18(27)23-16-3-5-17(6-4-16)26-13-20-12-22-26/h3-6,9,12-13H,7-8,10-11H2,1-2H3,(H2,21,23,27). The summed E-state index contributed by atoms with van der Waals surface area (Å²) in [7, 11) is 0. The van der Waals surface area contributed by atoms with Crippen LogP contribution in [0.1, 0.15) is 24.2 Å². The van der Waals surface area contributed by atoms with E-state index < -0.39 is 0 Å². The van der Waals surface area contributed by atoms with Gasteiger partial charge in [0.2, 0.25) is 0 Å². The largest absolute Gasteiger partial charge is 0.337 e. The van der Waals surface area contributed by atoms with E-state index in [0.717, 1.165) is 42.1 Å². The maximum absolute atomic E-state index is 12.3. The highest BCUT2D eigenvalue weighted by molar-refractivity contribution is 5.89. The molecule has 27 heavy (non-hydrogen) atoms. The molecule has 0 atom stereocenters. The van der Waals surface area contributed by atoms with Gasteiger partial charge in [-0.1, -0.05) is 0 Å². The zero-order valence-electron chi connectivity index (χ0n) is 15.5. The highest BCUT2D eigenvalue weighted by atomic mass is 16.2. The third-order valence-electron chi connectivity index (χ3n) is 4.98. The molecule has 1 fully saturated rings. The lowest BCUT2D eigenvalue weighted by molar-refractivity contribution is 0.247. The van der Waals surface area contributed by atoms with Crippen molar-refractivity contribution in [3.63, 3.8) is 0 Å². The quantitative estimate of drug-likeness (QED) is 0.703. The number of nitrogens with zero attached hydrogens (tertiary/aromatic N) is 5. The Bertz CT molecular complexity index is 924. The molecule has 2 amide bonds. The Morgan fingerprint density at radius 1 is 1.22 bits per heavy atom. The van der Waals surface area contributed by atoms with Crippen molar-refractivity contribution in [1.82, 2.24) is 29.9 Å². The average molecular weight is 365 g/mol. The zero-order chi connectivity index (χ0) is 18.9. The number of urea groups is 1. The number of amides is 2. The summed E-state index contributed by atoms with van der Waals surface area (Å²) < 4.78 is 3.71. The first kappa shape index (κ1) is 17.3. The molecular weight excluding hydrogens is 342 g/mol. The smallest absolute Gasteiger partial charge is 0.319 e. The van der Waals surface area contributed by atoms with Crippen molar-refractivity contribution < 1.29 is 4.79 Å². The number of nitrogens with one attached hydrogen (secondary N) is 2. The number of aromatic nitrogens is 5. The van der Waals surface area contributed by atoms with Crippen LogP contribution in [0.25, 0.3) is 5.69 Å². The Kier molecular flexibility index (Phi) is 4.39. The predicted molar refractivity (Wildman–Crippen MR) is 102 cm³/mol. The molecule has 0 saturated heterocycles. The molecule has 1 aromatic carbocycles. The highest BCUT2D eigenvalue weighted by Crippen LogP contribution is 2.46. The van der Waals surface area contributed by atoms with Crippen molar-refractivity contribution >= 4 is 11.7 Å². The normalized spacial score (nSPS) is 14.7. The van der Waals surface area contributed by atoms with Gasteiger partial charge in [-0.15, -0.1) is 0 Å². The van der Waals surface area contributed by atoms with Crippen molar-refractivity contribution in [3.8, 4) is 5.69 Å². The number of rotatable bonds is 6. The van der Waals surface area contributed by atoms with E-state index >= 15 is 0 Å². The summed E-state index contributed by atoms with van der Waals surface area (Å²) in [4.78, 5) is 16.2. The Labute approximate surface area is 157 Å². The molecule has 8 nitrogen and oxygen atoms in total. The summed E-state index contributed by atoms with van der Waals surface area (Å²) in [5.74, 6) is 0. The lowest BCUT2D eigenvalue weighted by Gasteiger charge is -2.17. The number of carbonyl (C=O) groups is 1. The monoisotopic (exact) mass is 365 g/mol. The number of benzene rings is 1. The molecule has 8 heteroatoms. The molecule has 1 aliphatic carbocycles. The van der Waals surface area contributed by atoms with Crippen molar-refractivity contribution in [1.29, 1.82) is 0 Å². The van der Waals surface area contributed by atoms with Crippen molar-refractivity contribution in [2.45, 2.75) is 33.2 Å². The van der Waals surface area contributed by atoms with Crippen LogP contribution in [0.5, 0.6) is 0 Å². The molecule has 0 bridgehead atoms. The van der Waals surface area contributed by atoms with Gasteiger partial charge in [0.15, 0.2) is 0 Å². The first-order valence-electron chi connectivity index (χ1n) is 9.04. The third kappa shape index (κ3) is 3.99. The summed E-state index contributed by atoms with van der Waals surface area (Å²) in [6, 6.07) is 9.35. The first-order chi connectivity index (χ1) is 13.0. The lowest BCUT2D eigenvalue weighted by atomic mass is 10.1. The second-order valence-corrected chi connectivity index (χ2v) is 7.28. The maximum atomic E-state index is 12.3. The number of hydrogen-bond donors (Lipinski definition) is 2. The van der Waals surface area contributed by atoms with Crippen LogP contribution in [0.15, 0.2) is 43.0 Å². The van der Waals surface area contributed by atoms with Crippen molar-refractivity contribution in [2.24, 2.45) is 5.41 Å². The van der Waals surface area contributed by atoms with Crippen LogP contribution in [0.4, 0.5) is 10.5 Å². The van der Waals surface area contributed by atoms with Crippen LogP contribution >= 0.6 is 0 Å². The molecule has 2 N–H and O–H groups in total. The van der Waals surface area contributed by atoms with Gasteiger partial charge in [0, 0.05) is 29.9 Å².